The minimum atomic E-state index is -0.139. The number of rotatable bonds is 4. The smallest absolute Gasteiger partial charge is 0.270 e. The SMILES string of the molecule is CCn1cccc1C(=O)N(C)Cc1csc(C#CCO)c1. The fourth-order valence-corrected chi connectivity index (χ4v) is 2.85. The molecular formula is C16H18N2O2S. The molecule has 4 nitrogen and oxygen atoms in total. The topological polar surface area (TPSA) is 45.5 Å². The van der Waals surface area contributed by atoms with Crippen LogP contribution in [0.4, 0.5) is 0 Å². The van der Waals surface area contributed by atoms with Crippen molar-refractivity contribution in [3.05, 3.63) is 45.9 Å². The number of carbonyl (C=O) groups excluding carboxylic acids is 1. The summed E-state index contributed by atoms with van der Waals surface area (Å²) < 4.78 is 1.94. The number of thiophene rings is 1. The molecular weight excluding hydrogens is 284 g/mol. The van der Waals surface area contributed by atoms with Crippen LogP contribution in [-0.2, 0) is 13.1 Å². The highest BCUT2D eigenvalue weighted by Gasteiger charge is 2.15. The number of carbonyl (C=O) groups is 1. The van der Waals surface area contributed by atoms with Gasteiger partial charge in [-0.05, 0) is 36.1 Å². The van der Waals surface area contributed by atoms with Gasteiger partial charge in [0.1, 0.15) is 12.3 Å². The third-order valence-corrected chi connectivity index (χ3v) is 3.99. The normalized spacial score (nSPS) is 10.0. The highest BCUT2D eigenvalue weighted by Crippen LogP contribution is 2.16. The van der Waals surface area contributed by atoms with Crippen molar-refractivity contribution in [2.45, 2.75) is 20.0 Å². The minimum absolute atomic E-state index is 0.0102. The van der Waals surface area contributed by atoms with Crippen LogP contribution in [0.25, 0.3) is 0 Å². The lowest BCUT2D eigenvalue weighted by Crippen LogP contribution is -2.27. The lowest BCUT2D eigenvalue weighted by atomic mass is 10.2. The van der Waals surface area contributed by atoms with Crippen molar-refractivity contribution in [1.82, 2.24) is 9.47 Å². The second-order valence-electron chi connectivity index (χ2n) is 4.62. The third-order valence-electron chi connectivity index (χ3n) is 3.10. The second-order valence-corrected chi connectivity index (χ2v) is 5.53. The number of hydrogen-bond donors (Lipinski definition) is 1. The molecule has 2 aromatic rings. The first kappa shape index (κ1) is 15.4. The summed E-state index contributed by atoms with van der Waals surface area (Å²) >= 11 is 1.52. The first-order valence-corrected chi connectivity index (χ1v) is 7.61. The predicted octanol–water partition coefficient (Wildman–Crippen LogP) is 2.19. The fourth-order valence-electron chi connectivity index (χ4n) is 2.08. The number of hydrogen-bond acceptors (Lipinski definition) is 3. The van der Waals surface area contributed by atoms with Gasteiger partial charge >= 0.3 is 0 Å². The number of aryl methyl sites for hydroxylation is 1. The Morgan fingerprint density at radius 3 is 3.05 bits per heavy atom. The molecule has 0 aromatic carbocycles. The molecule has 1 amide bonds. The molecule has 0 aliphatic rings. The Morgan fingerprint density at radius 2 is 2.33 bits per heavy atom. The average molecular weight is 302 g/mol. The summed E-state index contributed by atoms with van der Waals surface area (Å²) in [6, 6.07) is 5.68. The molecule has 5 heteroatoms. The van der Waals surface area contributed by atoms with Crippen LogP contribution < -0.4 is 0 Å². The number of amides is 1. The zero-order chi connectivity index (χ0) is 15.2. The van der Waals surface area contributed by atoms with E-state index in [1.54, 1.807) is 11.9 Å². The Bertz CT molecular complexity index is 676. The highest BCUT2D eigenvalue weighted by molar-refractivity contribution is 7.10. The van der Waals surface area contributed by atoms with Gasteiger partial charge in [-0.1, -0.05) is 11.8 Å². The molecule has 0 fully saturated rings. The van der Waals surface area contributed by atoms with Crippen molar-refractivity contribution in [2.24, 2.45) is 0 Å². The van der Waals surface area contributed by atoms with E-state index in [0.29, 0.717) is 12.2 Å². The zero-order valence-electron chi connectivity index (χ0n) is 12.2. The van der Waals surface area contributed by atoms with Crippen molar-refractivity contribution in [3.63, 3.8) is 0 Å². The van der Waals surface area contributed by atoms with E-state index < -0.39 is 0 Å². The van der Waals surface area contributed by atoms with Gasteiger partial charge in [0.25, 0.3) is 5.91 Å². The summed E-state index contributed by atoms with van der Waals surface area (Å²) in [5, 5.41) is 10.7. The molecule has 0 bridgehead atoms. The summed E-state index contributed by atoms with van der Waals surface area (Å²) in [7, 11) is 1.80. The van der Waals surface area contributed by atoms with Crippen LogP contribution in [0.2, 0.25) is 0 Å². The molecule has 2 heterocycles. The van der Waals surface area contributed by atoms with Crippen molar-refractivity contribution in [1.29, 1.82) is 0 Å². The first-order valence-electron chi connectivity index (χ1n) is 6.73. The molecule has 1 N–H and O–H groups in total. The number of aromatic nitrogens is 1. The summed E-state index contributed by atoms with van der Waals surface area (Å²) in [6.45, 7) is 3.20. The van der Waals surface area contributed by atoms with E-state index in [1.165, 1.54) is 11.3 Å². The maximum atomic E-state index is 12.4. The lowest BCUT2D eigenvalue weighted by molar-refractivity contribution is 0.0774. The van der Waals surface area contributed by atoms with Gasteiger partial charge < -0.3 is 14.6 Å². The maximum Gasteiger partial charge on any atom is 0.270 e. The van der Waals surface area contributed by atoms with Crippen molar-refractivity contribution < 1.29 is 9.90 Å². The molecule has 0 aliphatic heterocycles. The van der Waals surface area contributed by atoms with Crippen LogP contribution in [0.1, 0.15) is 27.9 Å². The lowest BCUT2D eigenvalue weighted by Gasteiger charge is -2.17. The van der Waals surface area contributed by atoms with Gasteiger partial charge in [-0.2, -0.15) is 0 Å². The molecule has 2 rings (SSSR count). The minimum Gasteiger partial charge on any atom is -0.384 e. The summed E-state index contributed by atoms with van der Waals surface area (Å²) in [4.78, 5) is 15.0. The van der Waals surface area contributed by atoms with Crippen molar-refractivity contribution >= 4 is 17.2 Å². The number of aliphatic hydroxyl groups is 1. The molecule has 2 aromatic heterocycles. The molecule has 21 heavy (non-hydrogen) atoms. The van der Waals surface area contributed by atoms with Gasteiger partial charge in [-0.15, -0.1) is 11.3 Å². The van der Waals surface area contributed by atoms with Gasteiger partial charge in [0.2, 0.25) is 0 Å². The van der Waals surface area contributed by atoms with E-state index in [1.807, 2.05) is 41.3 Å². The highest BCUT2D eigenvalue weighted by atomic mass is 32.1. The van der Waals surface area contributed by atoms with Gasteiger partial charge in [-0.25, -0.2) is 0 Å². The van der Waals surface area contributed by atoms with Crippen LogP contribution in [0.15, 0.2) is 29.8 Å². The molecule has 0 spiro atoms. The molecule has 0 radical (unpaired) electrons. The Kier molecular flexibility index (Phi) is 5.20. The van der Waals surface area contributed by atoms with E-state index in [9.17, 15) is 4.79 Å². The standard InChI is InChI=1S/C16H18N2O2S/c1-3-18-8-4-7-15(18)16(20)17(2)11-13-10-14(21-12-13)6-5-9-19/h4,7-8,10,12,19H,3,9,11H2,1-2H3. The summed E-state index contributed by atoms with van der Waals surface area (Å²) in [5.41, 5.74) is 1.75. The van der Waals surface area contributed by atoms with E-state index in [4.69, 9.17) is 5.11 Å². The molecule has 110 valence electrons. The van der Waals surface area contributed by atoms with Crippen LogP contribution in [0, 0.1) is 11.8 Å². The number of aliphatic hydroxyl groups excluding tert-OH is 1. The second kappa shape index (κ2) is 7.11. The zero-order valence-corrected chi connectivity index (χ0v) is 13.0. The van der Waals surface area contributed by atoms with E-state index in [-0.39, 0.29) is 12.5 Å². The quantitative estimate of drug-likeness (QED) is 0.880. The number of nitrogens with zero attached hydrogens (tertiary/aromatic N) is 2. The summed E-state index contributed by atoms with van der Waals surface area (Å²) in [5.74, 6) is 5.51. The fraction of sp³-hybridized carbons (Fsp3) is 0.312. The average Bonchev–Trinajstić information content (AvgIpc) is 3.12. The van der Waals surface area contributed by atoms with E-state index in [2.05, 4.69) is 11.8 Å². The molecule has 0 aliphatic carbocycles. The largest absolute Gasteiger partial charge is 0.384 e. The Balaban J connectivity index is 2.05. The van der Waals surface area contributed by atoms with Crippen LogP contribution in [0.3, 0.4) is 0 Å². The van der Waals surface area contributed by atoms with Crippen molar-refractivity contribution in [2.75, 3.05) is 13.7 Å². The van der Waals surface area contributed by atoms with Crippen molar-refractivity contribution in [3.8, 4) is 11.8 Å². The van der Waals surface area contributed by atoms with Crippen LogP contribution >= 0.6 is 11.3 Å². The molecule has 0 unspecified atom stereocenters. The van der Waals surface area contributed by atoms with Gasteiger partial charge in [0, 0.05) is 26.3 Å². The molecule has 0 saturated carbocycles. The maximum absolute atomic E-state index is 12.4. The molecule has 0 saturated heterocycles. The Morgan fingerprint density at radius 1 is 1.52 bits per heavy atom. The Hall–Kier alpha value is -2.03. The first-order chi connectivity index (χ1) is 10.2. The van der Waals surface area contributed by atoms with Crippen LogP contribution in [0.5, 0.6) is 0 Å². The van der Waals surface area contributed by atoms with Gasteiger partial charge in [0.15, 0.2) is 0 Å². The van der Waals surface area contributed by atoms with Gasteiger partial charge in [0.05, 0.1) is 4.88 Å². The summed E-state index contributed by atoms with van der Waals surface area (Å²) in [6.07, 6.45) is 1.91. The monoisotopic (exact) mass is 302 g/mol. The van der Waals surface area contributed by atoms with E-state index >= 15 is 0 Å². The van der Waals surface area contributed by atoms with Gasteiger partial charge in [-0.3, -0.25) is 4.79 Å². The van der Waals surface area contributed by atoms with Crippen LogP contribution in [-0.4, -0.2) is 34.1 Å². The predicted molar refractivity (Wildman–Crippen MR) is 84.2 cm³/mol. The molecule has 0 atom stereocenters. The third kappa shape index (κ3) is 3.75. The van der Waals surface area contributed by atoms with E-state index in [0.717, 1.165) is 17.0 Å². The Labute approximate surface area is 128 Å².